The number of carbonyl (C=O) groups is 1. The third-order valence-corrected chi connectivity index (χ3v) is 6.81. The fraction of sp³-hybridized carbons (Fsp3) is 0.720. The first kappa shape index (κ1) is 21.6. The average Bonchev–Trinajstić information content (AvgIpc) is 3.53. The van der Waals surface area contributed by atoms with Gasteiger partial charge in [-0.15, -0.1) is 0 Å². The number of nitrogens with zero attached hydrogens (tertiary/aromatic N) is 2. The number of hydrogen-bond acceptors (Lipinski definition) is 4. The number of amides is 1. The van der Waals surface area contributed by atoms with Crippen LogP contribution in [-0.4, -0.2) is 66.2 Å². The van der Waals surface area contributed by atoms with E-state index < -0.39 is 0 Å². The van der Waals surface area contributed by atoms with Crippen LogP contribution in [0.25, 0.3) is 0 Å². The minimum Gasteiger partial charge on any atom is -0.491 e. The molecule has 0 aromatic heterocycles. The zero-order chi connectivity index (χ0) is 21.3. The minimum absolute atomic E-state index is 0.0739. The summed E-state index contributed by atoms with van der Waals surface area (Å²) in [5.74, 6) is 1.89. The molecule has 2 heterocycles. The third-order valence-electron chi connectivity index (χ3n) is 6.81. The van der Waals surface area contributed by atoms with E-state index in [4.69, 9.17) is 9.47 Å². The first-order valence-corrected chi connectivity index (χ1v) is 11.8. The second kappa shape index (κ2) is 8.88. The van der Waals surface area contributed by atoms with E-state index >= 15 is 0 Å². The summed E-state index contributed by atoms with van der Waals surface area (Å²) in [7, 11) is 0. The number of benzene rings is 1. The Kier molecular flexibility index (Phi) is 6.40. The quantitative estimate of drug-likeness (QED) is 0.697. The highest BCUT2D eigenvalue weighted by Crippen LogP contribution is 2.36. The highest BCUT2D eigenvalue weighted by atomic mass is 16.5. The van der Waals surface area contributed by atoms with Gasteiger partial charge in [-0.25, -0.2) is 0 Å². The molecule has 2 aliphatic heterocycles. The van der Waals surface area contributed by atoms with Crippen molar-refractivity contribution in [1.29, 1.82) is 0 Å². The van der Waals surface area contributed by atoms with E-state index in [9.17, 15) is 4.79 Å². The molecule has 5 nitrogen and oxygen atoms in total. The van der Waals surface area contributed by atoms with Crippen molar-refractivity contribution in [2.24, 2.45) is 5.92 Å². The average molecular weight is 415 g/mol. The Hall–Kier alpha value is -1.59. The second-order valence-corrected chi connectivity index (χ2v) is 9.91. The van der Waals surface area contributed by atoms with Crippen LogP contribution in [0.1, 0.15) is 68.8 Å². The highest BCUT2D eigenvalue weighted by Gasteiger charge is 2.44. The third kappa shape index (κ3) is 5.00. The number of aryl methyl sites for hydroxylation is 1. The Labute approximate surface area is 181 Å². The van der Waals surface area contributed by atoms with E-state index in [1.54, 1.807) is 0 Å². The van der Waals surface area contributed by atoms with Crippen LogP contribution in [-0.2, 0) is 4.74 Å². The summed E-state index contributed by atoms with van der Waals surface area (Å²) in [5, 5.41) is 0. The normalized spacial score (nSPS) is 24.4. The molecule has 4 rings (SSSR count). The van der Waals surface area contributed by atoms with Gasteiger partial charge in [-0.3, -0.25) is 9.69 Å². The molecule has 1 unspecified atom stereocenters. The maximum atomic E-state index is 13.1. The molecule has 2 saturated heterocycles. The van der Waals surface area contributed by atoms with Crippen molar-refractivity contribution in [3.63, 3.8) is 0 Å². The van der Waals surface area contributed by atoms with Crippen LogP contribution in [0.2, 0.25) is 0 Å². The lowest BCUT2D eigenvalue weighted by molar-refractivity contribution is -0.174. The van der Waals surface area contributed by atoms with Crippen molar-refractivity contribution in [2.75, 3.05) is 32.7 Å². The maximum absolute atomic E-state index is 13.1. The van der Waals surface area contributed by atoms with Gasteiger partial charge in [-0.05, 0) is 82.6 Å². The number of rotatable bonds is 6. The molecule has 1 spiro atoms. The molecule has 5 heteroatoms. The molecule has 1 aromatic carbocycles. The largest absolute Gasteiger partial charge is 0.491 e. The number of likely N-dealkylation sites (tertiary alicyclic amines) is 1. The van der Waals surface area contributed by atoms with Crippen LogP contribution < -0.4 is 4.74 Å². The van der Waals surface area contributed by atoms with Crippen molar-refractivity contribution in [3.8, 4) is 5.75 Å². The van der Waals surface area contributed by atoms with E-state index in [-0.39, 0.29) is 17.6 Å². The predicted octanol–water partition coefficient (Wildman–Crippen LogP) is 4.28. The summed E-state index contributed by atoms with van der Waals surface area (Å²) in [6.45, 7) is 13.2. The monoisotopic (exact) mass is 414 g/mol. The standard InChI is InChI=1S/C25H38N2O3/c1-5-22-16-26(15-20-6-7-20)17-25(30-22)10-12-27(13-11-25)24(28)21-8-9-23(19(4)14-21)29-18(2)3/h8-9,14,18,20,22H,5-7,10-13,15-17H2,1-4H3. The van der Waals surface area contributed by atoms with Gasteiger partial charge in [-0.1, -0.05) is 6.92 Å². The van der Waals surface area contributed by atoms with Gasteiger partial charge in [0.05, 0.1) is 17.8 Å². The lowest BCUT2D eigenvalue weighted by Gasteiger charge is -2.50. The van der Waals surface area contributed by atoms with E-state index in [0.717, 1.165) is 68.2 Å². The van der Waals surface area contributed by atoms with Gasteiger partial charge in [0.25, 0.3) is 5.91 Å². The fourth-order valence-corrected chi connectivity index (χ4v) is 4.95. The SMILES string of the molecule is CCC1CN(CC2CC2)CC2(CCN(C(=O)c3ccc(OC(C)C)c(C)c3)CC2)O1. The Morgan fingerprint density at radius 1 is 1.27 bits per heavy atom. The Bertz CT molecular complexity index is 751. The van der Waals surface area contributed by atoms with Crippen molar-refractivity contribution >= 4 is 5.91 Å². The van der Waals surface area contributed by atoms with Crippen LogP contribution in [0.3, 0.4) is 0 Å². The fourth-order valence-electron chi connectivity index (χ4n) is 4.95. The van der Waals surface area contributed by atoms with Gasteiger partial charge in [-0.2, -0.15) is 0 Å². The van der Waals surface area contributed by atoms with Crippen molar-refractivity contribution in [1.82, 2.24) is 9.80 Å². The predicted molar refractivity (Wildman–Crippen MR) is 119 cm³/mol. The molecule has 1 atom stereocenters. The zero-order valence-electron chi connectivity index (χ0n) is 19.2. The van der Waals surface area contributed by atoms with E-state index in [1.165, 1.54) is 19.4 Å². The van der Waals surface area contributed by atoms with Crippen molar-refractivity contribution in [3.05, 3.63) is 29.3 Å². The molecule has 0 bridgehead atoms. The van der Waals surface area contributed by atoms with Crippen LogP contribution in [0.15, 0.2) is 18.2 Å². The zero-order valence-corrected chi connectivity index (χ0v) is 19.2. The van der Waals surface area contributed by atoms with Gasteiger partial charge >= 0.3 is 0 Å². The molecular weight excluding hydrogens is 376 g/mol. The van der Waals surface area contributed by atoms with E-state index in [1.807, 2.05) is 43.9 Å². The van der Waals surface area contributed by atoms with Gasteiger partial charge in [0.15, 0.2) is 0 Å². The van der Waals surface area contributed by atoms with E-state index in [2.05, 4.69) is 11.8 Å². The first-order valence-electron chi connectivity index (χ1n) is 11.8. The topological polar surface area (TPSA) is 42.0 Å². The summed E-state index contributed by atoms with van der Waals surface area (Å²) in [5.41, 5.74) is 1.70. The molecule has 0 N–H and O–H groups in total. The molecule has 0 radical (unpaired) electrons. The van der Waals surface area contributed by atoms with Gasteiger partial charge < -0.3 is 14.4 Å². The van der Waals surface area contributed by atoms with Gasteiger partial charge in [0.2, 0.25) is 0 Å². The lowest BCUT2D eigenvalue weighted by atomic mass is 9.87. The van der Waals surface area contributed by atoms with E-state index in [0.29, 0.717) is 6.10 Å². The molecule has 1 amide bonds. The number of carbonyl (C=O) groups excluding carboxylic acids is 1. The molecule has 1 saturated carbocycles. The summed E-state index contributed by atoms with van der Waals surface area (Å²) in [6, 6.07) is 5.80. The van der Waals surface area contributed by atoms with Crippen LogP contribution in [0.4, 0.5) is 0 Å². The summed E-state index contributed by atoms with van der Waals surface area (Å²) in [6.07, 6.45) is 6.18. The smallest absolute Gasteiger partial charge is 0.253 e. The molecule has 1 aliphatic carbocycles. The molecule has 1 aromatic rings. The number of morpholine rings is 1. The Balaban J connectivity index is 1.38. The second-order valence-electron chi connectivity index (χ2n) is 9.91. The van der Waals surface area contributed by atoms with Gasteiger partial charge in [0, 0.05) is 38.3 Å². The van der Waals surface area contributed by atoms with Crippen LogP contribution in [0, 0.1) is 12.8 Å². The lowest BCUT2D eigenvalue weighted by Crippen LogP contribution is -2.60. The number of hydrogen-bond donors (Lipinski definition) is 0. The number of piperidine rings is 1. The molecule has 3 aliphatic rings. The first-order chi connectivity index (χ1) is 14.4. The molecular formula is C25H38N2O3. The highest BCUT2D eigenvalue weighted by molar-refractivity contribution is 5.94. The summed E-state index contributed by atoms with van der Waals surface area (Å²) >= 11 is 0. The maximum Gasteiger partial charge on any atom is 0.253 e. The summed E-state index contributed by atoms with van der Waals surface area (Å²) in [4.78, 5) is 17.8. The molecule has 166 valence electrons. The Morgan fingerprint density at radius 2 is 2.00 bits per heavy atom. The van der Waals surface area contributed by atoms with Crippen molar-refractivity contribution < 1.29 is 14.3 Å². The van der Waals surface area contributed by atoms with Crippen LogP contribution >= 0.6 is 0 Å². The Morgan fingerprint density at radius 3 is 2.60 bits per heavy atom. The van der Waals surface area contributed by atoms with Crippen LogP contribution in [0.5, 0.6) is 5.75 Å². The number of ether oxygens (including phenoxy) is 2. The molecule has 30 heavy (non-hydrogen) atoms. The molecule has 3 fully saturated rings. The minimum atomic E-state index is -0.0739. The summed E-state index contributed by atoms with van der Waals surface area (Å²) < 4.78 is 12.4. The van der Waals surface area contributed by atoms with Gasteiger partial charge in [0.1, 0.15) is 5.75 Å². The van der Waals surface area contributed by atoms with Crippen molar-refractivity contribution in [2.45, 2.75) is 77.6 Å².